The molecule has 1 aliphatic heterocycles. The first-order valence-electron chi connectivity index (χ1n) is 11.4. The molecule has 2 amide bonds. The summed E-state index contributed by atoms with van der Waals surface area (Å²) in [6.45, 7) is 0.584. The van der Waals surface area contributed by atoms with E-state index in [-0.39, 0.29) is 11.7 Å². The molecule has 1 aliphatic rings. The molecular weight excluding hydrogens is 492 g/mol. The fourth-order valence-corrected chi connectivity index (χ4v) is 6.29. The Morgan fingerprint density at radius 2 is 1.72 bits per heavy atom. The second kappa shape index (κ2) is 9.18. The Bertz CT molecular complexity index is 1580. The van der Waals surface area contributed by atoms with Crippen molar-refractivity contribution >= 4 is 55.7 Å². The molecule has 0 unspecified atom stereocenters. The van der Waals surface area contributed by atoms with Gasteiger partial charge in [0.1, 0.15) is 5.01 Å². The van der Waals surface area contributed by atoms with Crippen molar-refractivity contribution in [2.24, 2.45) is 0 Å². The number of aromatic nitrogens is 2. The second-order valence-corrected chi connectivity index (χ2v) is 10.4. The zero-order valence-corrected chi connectivity index (χ0v) is 20.6. The van der Waals surface area contributed by atoms with Gasteiger partial charge < -0.3 is 5.11 Å². The minimum Gasteiger partial charge on any atom is -0.476 e. The molecule has 7 nitrogen and oxygen atoms in total. The molecule has 0 bridgehead atoms. The number of hydrogen-bond donors (Lipinski definition) is 2. The Labute approximate surface area is 214 Å². The SMILES string of the molecule is O=C(O)c1nc(-c2ccc3c(c2)N(C(=O)Nc2nc4ccccc4s2)CCC3)sc1-c1ccccc1. The van der Waals surface area contributed by atoms with Gasteiger partial charge in [0.2, 0.25) is 0 Å². The van der Waals surface area contributed by atoms with Crippen LogP contribution in [0.4, 0.5) is 15.6 Å². The van der Waals surface area contributed by atoms with E-state index in [9.17, 15) is 14.7 Å². The Balaban J connectivity index is 1.34. The fourth-order valence-electron chi connectivity index (χ4n) is 4.38. The molecule has 9 heteroatoms. The quantitative estimate of drug-likeness (QED) is 0.277. The van der Waals surface area contributed by atoms with Crippen molar-refractivity contribution in [3.05, 3.63) is 84.1 Å². The van der Waals surface area contributed by atoms with Gasteiger partial charge in [0.25, 0.3) is 0 Å². The number of hydrogen-bond acceptors (Lipinski definition) is 6. The first-order valence-corrected chi connectivity index (χ1v) is 13.1. The van der Waals surface area contributed by atoms with Crippen LogP contribution in [0.3, 0.4) is 0 Å². The summed E-state index contributed by atoms with van der Waals surface area (Å²) in [6.07, 6.45) is 1.73. The molecule has 0 radical (unpaired) electrons. The molecule has 0 saturated carbocycles. The number of para-hydroxylation sites is 1. The Morgan fingerprint density at radius 1 is 0.917 bits per heavy atom. The predicted molar refractivity (Wildman–Crippen MR) is 144 cm³/mol. The number of carbonyl (C=O) groups excluding carboxylic acids is 1. The van der Waals surface area contributed by atoms with Crippen LogP contribution < -0.4 is 10.2 Å². The van der Waals surface area contributed by atoms with Gasteiger partial charge in [0.15, 0.2) is 10.8 Å². The summed E-state index contributed by atoms with van der Waals surface area (Å²) < 4.78 is 1.02. The van der Waals surface area contributed by atoms with E-state index in [1.54, 1.807) is 4.90 Å². The highest BCUT2D eigenvalue weighted by Gasteiger charge is 2.25. The van der Waals surface area contributed by atoms with Crippen LogP contribution in [-0.4, -0.2) is 33.6 Å². The molecule has 178 valence electrons. The summed E-state index contributed by atoms with van der Waals surface area (Å²) in [5.74, 6) is -1.06. The number of benzene rings is 3. The number of carboxylic acid groups (broad SMARTS) is 1. The third-order valence-electron chi connectivity index (χ3n) is 6.07. The molecule has 0 saturated heterocycles. The molecule has 2 aromatic heterocycles. The van der Waals surface area contributed by atoms with Crippen molar-refractivity contribution in [2.75, 3.05) is 16.8 Å². The fraction of sp³-hybridized carbons (Fsp3) is 0.111. The molecule has 6 rings (SSSR count). The van der Waals surface area contributed by atoms with Crippen LogP contribution in [0, 0.1) is 0 Å². The number of fused-ring (bicyclic) bond motifs is 2. The van der Waals surface area contributed by atoms with Gasteiger partial charge in [-0.15, -0.1) is 11.3 Å². The Morgan fingerprint density at radius 3 is 2.53 bits per heavy atom. The number of aryl methyl sites for hydroxylation is 1. The number of nitrogens with zero attached hydrogens (tertiary/aromatic N) is 3. The van der Waals surface area contributed by atoms with Crippen LogP contribution in [0.15, 0.2) is 72.8 Å². The predicted octanol–water partition coefficient (Wildman–Crippen LogP) is 6.77. The van der Waals surface area contributed by atoms with E-state index < -0.39 is 5.97 Å². The average molecular weight is 513 g/mol. The standard InChI is InChI=1S/C27H20N4O3S2/c32-25(33)22-23(17-7-2-1-3-8-17)36-24(29-22)18-13-12-16-9-6-14-31(20(16)15-18)27(34)30-26-28-19-10-4-5-11-21(19)35-26/h1-5,7-8,10-13,15H,6,9,14H2,(H,32,33)(H,28,30,34). The second-order valence-electron chi connectivity index (χ2n) is 8.38. The van der Waals surface area contributed by atoms with E-state index in [4.69, 9.17) is 0 Å². The number of urea groups is 1. The van der Waals surface area contributed by atoms with Crippen molar-refractivity contribution in [3.63, 3.8) is 0 Å². The van der Waals surface area contributed by atoms with Gasteiger partial charge in [0, 0.05) is 17.8 Å². The van der Waals surface area contributed by atoms with Gasteiger partial charge in [-0.1, -0.05) is 65.9 Å². The number of aromatic carboxylic acids is 1. The summed E-state index contributed by atoms with van der Waals surface area (Å²) in [5, 5.41) is 13.9. The summed E-state index contributed by atoms with van der Waals surface area (Å²) in [4.78, 5) is 36.5. The van der Waals surface area contributed by atoms with Crippen LogP contribution in [0.1, 0.15) is 22.5 Å². The van der Waals surface area contributed by atoms with E-state index in [0.29, 0.717) is 21.6 Å². The molecular formula is C27H20N4O3S2. The van der Waals surface area contributed by atoms with E-state index in [1.807, 2.05) is 72.8 Å². The first kappa shape index (κ1) is 22.4. The number of nitrogens with one attached hydrogen (secondary N) is 1. The van der Waals surface area contributed by atoms with E-state index in [0.717, 1.165) is 45.4 Å². The number of carboxylic acids is 1. The van der Waals surface area contributed by atoms with Gasteiger partial charge in [0.05, 0.1) is 15.1 Å². The summed E-state index contributed by atoms with van der Waals surface area (Å²) >= 11 is 2.78. The minimum atomic E-state index is -1.06. The zero-order valence-electron chi connectivity index (χ0n) is 19.0. The molecule has 0 aliphatic carbocycles. The molecule has 3 aromatic carbocycles. The highest BCUT2D eigenvalue weighted by Crippen LogP contribution is 2.38. The molecule has 2 N–H and O–H groups in total. The van der Waals surface area contributed by atoms with Gasteiger partial charge in [-0.05, 0) is 42.2 Å². The van der Waals surface area contributed by atoms with Gasteiger partial charge in [-0.3, -0.25) is 10.2 Å². The lowest BCUT2D eigenvalue weighted by molar-refractivity contribution is 0.0692. The van der Waals surface area contributed by atoms with Gasteiger partial charge in [-0.2, -0.15) is 0 Å². The smallest absolute Gasteiger partial charge is 0.356 e. The van der Waals surface area contributed by atoms with Crippen LogP contribution in [-0.2, 0) is 6.42 Å². The van der Waals surface area contributed by atoms with Crippen molar-refractivity contribution < 1.29 is 14.7 Å². The maximum Gasteiger partial charge on any atom is 0.356 e. The molecule has 36 heavy (non-hydrogen) atoms. The maximum atomic E-state index is 13.3. The molecule has 0 spiro atoms. The monoisotopic (exact) mass is 512 g/mol. The topological polar surface area (TPSA) is 95.4 Å². The number of thiazole rings is 2. The lowest BCUT2D eigenvalue weighted by atomic mass is 10.00. The van der Waals surface area contributed by atoms with Crippen LogP contribution in [0.5, 0.6) is 0 Å². The van der Waals surface area contributed by atoms with Crippen molar-refractivity contribution in [1.29, 1.82) is 0 Å². The van der Waals surface area contributed by atoms with Crippen molar-refractivity contribution in [2.45, 2.75) is 12.8 Å². The molecule has 5 aromatic rings. The minimum absolute atomic E-state index is 0.0318. The molecule has 0 atom stereocenters. The summed E-state index contributed by atoms with van der Waals surface area (Å²) in [6, 6.07) is 22.8. The third-order valence-corrected chi connectivity index (χ3v) is 8.17. The lowest BCUT2D eigenvalue weighted by Gasteiger charge is -2.29. The van der Waals surface area contributed by atoms with Gasteiger partial charge >= 0.3 is 12.0 Å². The van der Waals surface area contributed by atoms with E-state index >= 15 is 0 Å². The highest BCUT2D eigenvalue weighted by atomic mass is 32.1. The van der Waals surface area contributed by atoms with Crippen LogP contribution >= 0.6 is 22.7 Å². The normalized spacial score (nSPS) is 12.9. The van der Waals surface area contributed by atoms with Gasteiger partial charge in [-0.25, -0.2) is 19.6 Å². The number of anilines is 2. The highest BCUT2D eigenvalue weighted by molar-refractivity contribution is 7.22. The van der Waals surface area contributed by atoms with Crippen molar-refractivity contribution in [1.82, 2.24) is 9.97 Å². The third kappa shape index (κ3) is 4.12. The van der Waals surface area contributed by atoms with E-state index in [1.165, 1.54) is 22.7 Å². The largest absolute Gasteiger partial charge is 0.476 e. The van der Waals surface area contributed by atoms with E-state index in [2.05, 4.69) is 15.3 Å². The number of amides is 2. The van der Waals surface area contributed by atoms with Crippen LogP contribution in [0.2, 0.25) is 0 Å². The van der Waals surface area contributed by atoms with Crippen LogP contribution in [0.25, 0.3) is 31.2 Å². The number of carbonyl (C=O) groups is 2. The first-order chi connectivity index (χ1) is 17.6. The Kier molecular flexibility index (Phi) is 5.71. The average Bonchev–Trinajstić information content (AvgIpc) is 3.53. The lowest BCUT2D eigenvalue weighted by Crippen LogP contribution is -2.38. The Hall–Kier alpha value is -4.08. The molecule has 0 fully saturated rings. The molecule has 3 heterocycles. The summed E-state index contributed by atoms with van der Waals surface area (Å²) in [5.41, 5.74) is 4.36. The summed E-state index contributed by atoms with van der Waals surface area (Å²) in [7, 11) is 0. The zero-order chi connectivity index (χ0) is 24.6. The maximum absolute atomic E-state index is 13.3. The van der Waals surface area contributed by atoms with Crippen molar-refractivity contribution in [3.8, 4) is 21.0 Å². The number of rotatable bonds is 4.